The van der Waals surface area contributed by atoms with Gasteiger partial charge in [0.2, 0.25) is 0 Å². The fraction of sp³-hybridized carbons (Fsp3) is 0.120. The summed E-state index contributed by atoms with van der Waals surface area (Å²) in [5.74, 6) is 0. The molecule has 0 radical (unpaired) electrons. The van der Waals surface area contributed by atoms with Crippen LogP contribution in [-0.2, 0) is 12.8 Å². The maximum Gasteiger partial charge on any atom is -0.00855 e. The van der Waals surface area contributed by atoms with Gasteiger partial charge in [-0.25, -0.2) is 0 Å². The van der Waals surface area contributed by atoms with E-state index < -0.39 is 0 Å². The zero-order valence-corrected chi connectivity index (χ0v) is 14.8. The third-order valence-corrected chi connectivity index (χ3v) is 4.70. The summed E-state index contributed by atoms with van der Waals surface area (Å²) in [6, 6.07) is 13.3. The lowest BCUT2D eigenvalue weighted by atomic mass is 9.88. The minimum atomic E-state index is 0.916. The third kappa shape index (κ3) is 3.64. The van der Waals surface area contributed by atoms with E-state index in [9.17, 15) is 0 Å². The summed E-state index contributed by atoms with van der Waals surface area (Å²) >= 11 is 0. The molecule has 3 rings (SSSR count). The predicted octanol–water partition coefficient (Wildman–Crippen LogP) is 6.63. The smallest absolute Gasteiger partial charge is 0.00855 e. The van der Waals surface area contributed by atoms with E-state index in [0.29, 0.717) is 0 Å². The second-order valence-electron chi connectivity index (χ2n) is 6.30. The first-order valence-corrected chi connectivity index (χ1v) is 8.73. The molecule has 0 bridgehead atoms. The Balaban J connectivity index is 2.21. The standard InChI is InChI=1S/C25H24/c1-4-11-20(5-2)21-16-17-24-22(18-21)13-8-6-7-9-14-23-19(3)12-10-15-25(23)24/h4-12,15-18H,1-2,13-14H2,3H3. The van der Waals surface area contributed by atoms with Crippen molar-refractivity contribution in [3.63, 3.8) is 0 Å². The van der Waals surface area contributed by atoms with Gasteiger partial charge in [0.05, 0.1) is 0 Å². The molecule has 0 aromatic heterocycles. The van der Waals surface area contributed by atoms with Crippen molar-refractivity contribution < 1.29 is 0 Å². The van der Waals surface area contributed by atoms with Gasteiger partial charge in [0.15, 0.2) is 0 Å². The van der Waals surface area contributed by atoms with E-state index in [2.05, 4.69) is 80.8 Å². The lowest BCUT2D eigenvalue weighted by Gasteiger charge is -2.17. The SMILES string of the molecule is C=CC=C(C=C)c1ccc2c(c1)CC=CC=CCc1c(C)cccc1-2. The molecule has 1 aliphatic carbocycles. The van der Waals surface area contributed by atoms with Gasteiger partial charge in [-0.1, -0.05) is 92.1 Å². The summed E-state index contributed by atoms with van der Waals surface area (Å²) in [4.78, 5) is 0. The molecule has 25 heavy (non-hydrogen) atoms. The van der Waals surface area contributed by atoms with Crippen molar-refractivity contribution in [1.29, 1.82) is 0 Å². The van der Waals surface area contributed by atoms with Gasteiger partial charge in [-0.15, -0.1) is 0 Å². The fourth-order valence-electron chi connectivity index (χ4n) is 3.38. The van der Waals surface area contributed by atoms with Gasteiger partial charge in [0.25, 0.3) is 0 Å². The molecule has 2 aromatic rings. The quantitative estimate of drug-likeness (QED) is 0.556. The van der Waals surface area contributed by atoms with Crippen LogP contribution < -0.4 is 0 Å². The number of benzene rings is 2. The maximum absolute atomic E-state index is 3.94. The van der Waals surface area contributed by atoms with Gasteiger partial charge in [0, 0.05) is 0 Å². The van der Waals surface area contributed by atoms with Crippen LogP contribution in [-0.4, -0.2) is 0 Å². The number of aryl methyl sites for hydroxylation is 1. The Labute approximate surface area is 151 Å². The Morgan fingerprint density at radius 1 is 0.960 bits per heavy atom. The summed E-state index contributed by atoms with van der Waals surface area (Å²) in [5.41, 5.74) is 9.05. The Morgan fingerprint density at radius 3 is 2.52 bits per heavy atom. The van der Waals surface area contributed by atoms with Crippen LogP contribution in [0.15, 0.2) is 92.1 Å². The molecular formula is C25H24. The van der Waals surface area contributed by atoms with Crippen molar-refractivity contribution in [2.24, 2.45) is 0 Å². The number of allylic oxidation sites excluding steroid dienone is 8. The van der Waals surface area contributed by atoms with Crippen molar-refractivity contribution in [1.82, 2.24) is 0 Å². The lowest BCUT2D eigenvalue weighted by molar-refractivity contribution is 1.19. The number of fused-ring (bicyclic) bond motifs is 3. The maximum atomic E-state index is 3.94. The van der Waals surface area contributed by atoms with Gasteiger partial charge >= 0.3 is 0 Å². The zero-order valence-electron chi connectivity index (χ0n) is 14.8. The van der Waals surface area contributed by atoms with Crippen molar-refractivity contribution >= 4 is 5.57 Å². The van der Waals surface area contributed by atoms with Crippen molar-refractivity contribution in [2.45, 2.75) is 19.8 Å². The monoisotopic (exact) mass is 324 g/mol. The first-order chi connectivity index (χ1) is 12.2. The first kappa shape index (κ1) is 17.0. The van der Waals surface area contributed by atoms with Gasteiger partial charge in [0.1, 0.15) is 0 Å². The van der Waals surface area contributed by atoms with E-state index in [1.807, 2.05) is 18.2 Å². The van der Waals surface area contributed by atoms with E-state index in [1.54, 1.807) is 0 Å². The Kier molecular flexibility index (Phi) is 5.30. The van der Waals surface area contributed by atoms with Crippen LogP contribution in [0.4, 0.5) is 0 Å². The Bertz CT molecular complexity index is 888. The normalized spacial score (nSPS) is 13.7. The molecule has 0 aliphatic heterocycles. The van der Waals surface area contributed by atoms with Crippen LogP contribution in [0, 0.1) is 6.92 Å². The molecule has 2 aromatic carbocycles. The first-order valence-electron chi connectivity index (χ1n) is 8.73. The zero-order chi connectivity index (χ0) is 17.6. The average Bonchev–Trinajstić information content (AvgIpc) is 2.63. The summed E-state index contributed by atoms with van der Waals surface area (Å²) in [5, 5.41) is 0. The highest BCUT2D eigenvalue weighted by molar-refractivity contribution is 5.79. The summed E-state index contributed by atoms with van der Waals surface area (Å²) in [6.07, 6.45) is 16.3. The fourth-order valence-corrected chi connectivity index (χ4v) is 3.38. The van der Waals surface area contributed by atoms with E-state index in [1.165, 1.54) is 33.4 Å². The molecule has 0 saturated carbocycles. The third-order valence-electron chi connectivity index (χ3n) is 4.70. The van der Waals surface area contributed by atoms with Gasteiger partial charge < -0.3 is 0 Å². The van der Waals surface area contributed by atoms with E-state index >= 15 is 0 Å². The van der Waals surface area contributed by atoms with E-state index in [0.717, 1.165) is 18.4 Å². The number of rotatable bonds is 3. The van der Waals surface area contributed by atoms with Crippen LogP contribution in [0.5, 0.6) is 0 Å². The van der Waals surface area contributed by atoms with Crippen molar-refractivity contribution in [3.8, 4) is 11.1 Å². The molecule has 0 heteroatoms. The largest absolute Gasteiger partial charge is 0.0990 e. The van der Waals surface area contributed by atoms with Crippen LogP contribution in [0.25, 0.3) is 16.7 Å². The summed E-state index contributed by atoms with van der Waals surface area (Å²) in [7, 11) is 0. The molecule has 0 heterocycles. The number of hydrogen-bond acceptors (Lipinski definition) is 0. The average molecular weight is 324 g/mol. The number of hydrogen-bond donors (Lipinski definition) is 0. The highest BCUT2D eigenvalue weighted by Crippen LogP contribution is 2.33. The molecule has 0 amide bonds. The summed E-state index contributed by atoms with van der Waals surface area (Å²) in [6.45, 7) is 9.94. The minimum absolute atomic E-state index is 0.916. The summed E-state index contributed by atoms with van der Waals surface area (Å²) < 4.78 is 0. The highest BCUT2D eigenvalue weighted by atomic mass is 14.2. The van der Waals surface area contributed by atoms with Crippen LogP contribution in [0.1, 0.15) is 22.3 Å². The molecule has 1 aliphatic rings. The molecule has 0 fully saturated rings. The van der Waals surface area contributed by atoms with Gasteiger partial charge in [-0.2, -0.15) is 0 Å². The van der Waals surface area contributed by atoms with Crippen molar-refractivity contribution in [3.05, 3.63) is 114 Å². The van der Waals surface area contributed by atoms with Gasteiger partial charge in [-0.05, 0) is 58.7 Å². The molecular weight excluding hydrogens is 300 g/mol. The Morgan fingerprint density at radius 2 is 1.76 bits per heavy atom. The molecule has 0 saturated heterocycles. The Hall–Kier alpha value is -2.86. The van der Waals surface area contributed by atoms with E-state index in [4.69, 9.17) is 0 Å². The predicted molar refractivity (Wildman–Crippen MR) is 111 cm³/mol. The molecule has 0 N–H and O–H groups in total. The molecule has 0 atom stereocenters. The van der Waals surface area contributed by atoms with Gasteiger partial charge in [-0.3, -0.25) is 0 Å². The molecule has 0 spiro atoms. The molecule has 124 valence electrons. The van der Waals surface area contributed by atoms with E-state index in [-0.39, 0.29) is 0 Å². The van der Waals surface area contributed by atoms with Crippen molar-refractivity contribution in [2.75, 3.05) is 0 Å². The second-order valence-corrected chi connectivity index (χ2v) is 6.30. The van der Waals surface area contributed by atoms with Crippen LogP contribution >= 0.6 is 0 Å². The second kappa shape index (κ2) is 7.81. The topological polar surface area (TPSA) is 0 Å². The van der Waals surface area contributed by atoms with Crippen LogP contribution in [0.3, 0.4) is 0 Å². The molecule has 0 unspecified atom stereocenters. The highest BCUT2D eigenvalue weighted by Gasteiger charge is 2.12. The minimum Gasteiger partial charge on any atom is -0.0990 e. The lowest BCUT2D eigenvalue weighted by Crippen LogP contribution is -1.98. The van der Waals surface area contributed by atoms with Crippen LogP contribution in [0.2, 0.25) is 0 Å². The molecule has 0 nitrogen and oxygen atoms in total.